The van der Waals surface area contributed by atoms with Crippen molar-refractivity contribution >= 4 is 0 Å². The summed E-state index contributed by atoms with van der Waals surface area (Å²) in [6, 6.07) is -1.32. The number of hydrogen-bond donors (Lipinski definition) is 0. The lowest BCUT2D eigenvalue weighted by Gasteiger charge is -2.25. The quantitative estimate of drug-likeness (QED) is 0.418. The van der Waals surface area contributed by atoms with Gasteiger partial charge in [0.15, 0.2) is 23.2 Å². The van der Waals surface area contributed by atoms with Gasteiger partial charge in [0.25, 0.3) is 6.04 Å². The predicted molar refractivity (Wildman–Crippen MR) is 43.1 cm³/mol. The Morgan fingerprint density at radius 1 is 0.933 bits per heavy atom. The van der Waals surface area contributed by atoms with Crippen LogP contribution >= 0.6 is 0 Å². The van der Waals surface area contributed by atoms with Gasteiger partial charge in [-0.05, 0) is 0 Å². The van der Waals surface area contributed by atoms with Crippen molar-refractivity contribution in [2.75, 3.05) is 19.8 Å². The number of nitro groups is 3. The first-order valence-corrected chi connectivity index (χ1v) is 3.84. The molecule has 84 valence electrons. The summed E-state index contributed by atoms with van der Waals surface area (Å²) in [7, 11) is 0. The first-order valence-electron chi connectivity index (χ1n) is 3.84. The van der Waals surface area contributed by atoms with Crippen LogP contribution in [0.2, 0.25) is 0 Å². The zero-order chi connectivity index (χ0) is 11.6. The molecule has 0 N–H and O–H groups in total. The van der Waals surface area contributed by atoms with Crippen LogP contribution < -0.4 is 0 Å². The summed E-state index contributed by atoms with van der Waals surface area (Å²) in [5.41, 5.74) is 0. The lowest BCUT2D eigenvalue weighted by molar-refractivity contribution is -0.734. The minimum atomic E-state index is -1.32. The average Bonchev–Trinajstić information content (AvgIpc) is 2.16. The van der Waals surface area contributed by atoms with E-state index in [4.69, 9.17) is 0 Å². The SMILES string of the molecule is O=[N+]([O-])C1CN([N+](=O)[O-])CN([N+](=O)[O-])C1. The molecule has 0 saturated carbocycles. The maximum absolute atomic E-state index is 10.4. The summed E-state index contributed by atoms with van der Waals surface area (Å²) in [5.74, 6) is 0. The summed E-state index contributed by atoms with van der Waals surface area (Å²) >= 11 is 0. The van der Waals surface area contributed by atoms with Crippen LogP contribution in [0.15, 0.2) is 0 Å². The predicted octanol–water partition coefficient (Wildman–Crippen LogP) is -1.41. The molecule has 0 bridgehead atoms. The van der Waals surface area contributed by atoms with Gasteiger partial charge in [-0.25, -0.2) is 20.2 Å². The summed E-state index contributed by atoms with van der Waals surface area (Å²) < 4.78 is 0. The van der Waals surface area contributed by atoms with E-state index in [1.165, 1.54) is 0 Å². The van der Waals surface area contributed by atoms with Crippen molar-refractivity contribution in [3.8, 4) is 0 Å². The largest absolute Gasteiger partial charge is 0.264 e. The Balaban J connectivity index is 2.77. The Hall–Kier alpha value is -2.20. The maximum atomic E-state index is 10.4. The molecule has 0 aromatic heterocycles. The van der Waals surface area contributed by atoms with Gasteiger partial charge in [0, 0.05) is 4.92 Å². The van der Waals surface area contributed by atoms with E-state index in [2.05, 4.69) is 0 Å². The van der Waals surface area contributed by atoms with Crippen LogP contribution in [0.3, 0.4) is 0 Å². The van der Waals surface area contributed by atoms with Gasteiger partial charge in [0.1, 0.15) is 0 Å². The molecule has 1 rings (SSSR count). The zero-order valence-electron chi connectivity index (χ0n) is 7.38. The molecule has 0 aliphatic carbocycles. The van der Waals surface area contributed by atoms with E-state index in [0.29, 0.717) is 10.0 Å². The standard InChI is InChI=1S/C4H7N5O6/c10-7(11)4-1-5(8(12)13)3-6(2-4)9(14)15/h4H,1-3H2. The molecular weight excluding hydrogens is 214 g/mol. The van der Waals surface area contributed by atoms with E-state index in [1.807, 2.05) is 0 Å². The van der Waals surface area contributed by atoms with Gasteiger partial charge in [-0.1, -0.05) is 10.0 Å². The van der Waals surface area contributed by atoms with Crippen LogP contribution in [0.25, 0.3) is 0 Å². The molecule has 1 aliphatic heterocycles. The molecule has 11 nitrogen and oxygen atoms in total. The number of hydrazine groups is 2. The Morgan fingerprint density at radius 3 is 1.60 bits per heavy atom. The second-order valence-corrected chi connectivity index (χ2v) is 2.93. The number of hydrogen-bond acceptors (Lipinski definition) is 6. The Labute approximate surface area is 82.2 Å². The highest BCUT2D eigenvalue weighted by molar-refractivity contribution is 4.67. The molecule has 15 heavy (non-hydrogen) atoms. The fourth-order valence-electron chi connectivity index (χ4n) is 1.22. The smallest absolute Gasteiger partial charge is 0.259 e. The molecule has 0 unspecified atom stereocenters. The van der Waals surface area contributed by atoms with Gasteiger partial charge in [-0.2, -0.15) is 0 Å². The Kier molecular flexibility index (Phi) is 2.82. The van der Waals surface area contributed by atoms with Crippen LogP contribution in [0.4, 0.5) is 0 Å². The van der Waals surface area contributed by atoms with E-state index >= 15 is 0 Å². The summed E-state index contributed by atoms with van der Waals surface area (Å²) in [6.45, 7) is -1.40. The van der Waals surface area contributed by atoms with Crippen LogP contribution in [0.5, 0.6) is 0 Å². The van der Waals surface area contributed by atoms with E-state index in [-0.39, 0.29) is 0 Å². The minimum Gasteiger partial charge on any atom is -0.264 e. The van der Waals surface area contributed by atoms with E-state index in [0.717, 1.165) is 0 Å². The molecule has 0 spiro atoms. The van der Waals surface area contributed by atoms with Crippen LogP contribution in [-0.4, -0.2) is 50.8 Å². The van der Waals surface area contributed by atoms with Crippen molar-refractivity contribution in [1.29, 1.82) is 0 Å². The Morgan fingerprint density at radius 2 is 1.33 bits per heavy atom. The van der Waals surface area contributed by atoms with Gasteiger partial charge in [0.05, 0.1) is 0 Å². The maximum Gasteiger partial charge on any atom is 0.259 e. The topological polar surface area (TPSA) is 136 Å². The molecule has 11 heteroatoms. The third kappa shape index (κ3) is 2.38. The number of nitrogens with zero attached hydrogens (tertiary/aromatic N) is 5. The minimum absolute atomic E-state index is 0.426. The van der Waals surface area contributed by atoms with Gasteiger partial charge in [-0.15, -0.1) is 0 Å². The van der Waals surface area contributed by atoms with Crippen LogP contribution in [0, 0.1) is 30.3 Å². The lowest BCUT2D eigenvalue weighted by Crippen LogP contribution is -2.57. The number of rotatable bonds is 3. The van der Waals surface area contributed by atoms with E-state index in [9.17, 15) is 30.3 Å². The molecule has 0 aromatic carbocycles. The third-order valence-electron chi connectivity index (χ3n) is 1.93. The van der Waals surface area contributed by atoms with Crippen molar-refractivity contribution in [2.24, 2.45) is 0 Å². The molecule has 0 amide bonds. The highest BCUT2D eigenvalue weighted by atomic mass is 16.7. The third-order valence-corrected chi connectivity index (χ3v) is 1.93. The van der Waals surface area contributed by atoms with E-state index in [1.54, 1.807) is 0 Å². The van der Waals surface area contributed by atoms with Crippen molar-refractivity contribution in [3.05, 3.63) is 30.3 Å². The van der Waals surface area contributed by atoms with Crippen LogP contribution in [0.1, 0.15) is 0 Å². The summed E-state index contributed by atoms with van der Waals surface area (Å²) in [6.07, 6.45) is 0. The second-order valence-electron chi connectivity index (χ2n) is 2.93. The summed E-state index contributed by atoms with van der Waals surface area (Å²) in [4.78, 5) is 30.3. The summed E-state index contributed by atoms with van der Waals surface area (Å²) in [5, 5.41) is 30.2. The Bertz CT molecular complexity index is 252. The van der Waals surface area contributed by atoms with Crippen molar-refractivity contribution in [1.82, 2.24) is 10.0 Å². The highest BCUT2D eigenvalue weighted by Gasteiger charge is 2.41. The molecule has 1 aliphatic rings. The van der Waals surface area contributed by atoms with E-state index < -0.39 is 40.8 Å². The van der Waals surface area contributed by atoms with Gasteiger partial charge in [-0.3, -0.25) is 10.1 Å². The monoisotopic (exact) mass is 221 g/mol. The fourth-order valence-corrected chi connectivity index (χ4v) is 1.22. The first-order chi connectivity index (χ1) is 6.91. The fraction of sp³-hybridized carbons (Fsp3) is 1.00. The molecule has 1 saturated heterocycles. The molecule has 0 atom stereocenters. The molecule has 0 radical (unpaired) electrons. The average molecular weight is 221 g/mol. The first kappa shape index (κ1) is 10.9. The lowest BCUT2D eigenvalue weighted by atomic mass is 10.2. The van der Waals surface area contributed by atoms with Gasteiger partial charge >= 0.3 is 0 Å². The van der Waals surface area contributed by atoms with Crippen molar-refractivity contribution in [3.63, 3.8) is 0 Å². The molecule has 1 fully saturated rings. The molecule has 1 heterocycles. The normalized spacial score (nSPS) is 17.6. The zero-order valence-corrected chi connectivity index (χ0v) is 7.38. The molecule has 0 aromatic rings. The van der Waals surface area contributed by atoms with Gasteiger partial charge < -0.3 is 0 Å². The van der Waals surface area contributed by atoms with Crippen molar-refractivity contribution in [2.45, 2.75) is 6.04 Å². The van der Waals surface area contributed by atoms with Gasteiger partial charge in [0.2, 0.25) is 6.67 Å². The molecular formula is C4H7N5O6. The second kappa shape index (κ2) is 3.89. The van der Waals surface area contributed by atoms with Crippen LogP contribution in [-0.2, 0) is 0 Å². The highest BCUT2D eigenvalue weighted by Crippen LogP contribution is 2.08. The van der Waals surface area contributed by atoms with Crippen molar-refractivity contribution < 1.29 is 15.0 Å².